The number of hydrogen-bond donors (Lipinski definition) is 0. The molecule has 0 amide bonds. The number of benzene rings is 1. The molecule has 1 aliphatic heterocycles. The van der Waals surface area contributed by atoms with Crippen LogP contribution >= 0.6 is 35.1 Å². The van der Waals surface area contributed by atoms with Crippen molar-refractivity contribution in [2.75, 3.05) is 32.1 Å². The number of para-hydroxylation sites is 1. The monoisotopic (exact) mass is 340 g/mol. The first-order valence-electron chi connectivity index (χ1n) is 6.97. The van der Waals surface area contributed by atoms with Crippen molar-refractivity contribution in [1.29, 1.82) is 0 Å². The average molecular weight is 341 g/mol. The fraction of sp³-hybridized carbons (Fsp3) is 0.375. The van der Waals surface area contributed by atoms with Crippen LogP contribution in [0.2, 0.25) is 5.02 Å². The Labute approximate surface area is 141 Å². The Morgan fingerprint density at radius 1 is 1.43 bits per heavy atom. The van der Waals surface area contributed by atoms with Crippen molar-refractivity contribution in [1.82, 2.24) is 4.90 Å². The van der Waals surface area contributed by atoms with E-state index >= 15 is 0 Å². The SMILES string of the molecule is C/C=C1\S/C(=C/Sc2cccc(Cl)c2N(C)C)CN1CC. The highest BCUT2D eigenvalue weighted by atomic mass is 35.5. The molecule has 1 aromatic carbocycles. The summed E-state index contributed by atoms with van der Waals surface area (Å²) in [5.74, 6) is 0. The number of likely N-dealkylation sites (N-methyl/N-ethyl adjacent to an activating group) is 1. The largest absolute Gasteiger partial charge is 0.376 e. The van der Waals surface area contributed by atoms with Gasteiger partial charge in [-0.05, 0) is 31.4 Å². The molecule has 2 nitrogen and oxygen atoms in total. The molecule has 0 aliphatic carbocycles. The number of rotatable bonds is 4. The molecule has 0 saturated carbocycles. The minimum absolute atomic E-state index is 0.798. The maximum absolute atomic E-state index is 6.31. The third-order valence-electron chi connectivity index (χ3n) is 3.24. The maximum atomic E-state index is 6.31. The van der Waals surface area contributed by atoms with E-state index in [1.807, 2.05) is 38.0 Å². The summed E-state index contributed by atoms with van der Waals surface area (Å²) in [6, 6.07) is 6.07. The van der Waals surface area contributed by atoms with E-state index in [1.54, 1.807) is 11.8 Å². The first-order chi connectivity index (χ1) is 10.1. The Bertz CT molecular complexity index is 567. The van der Waals surface area contributed by atoms with Crippen molar-refractivity contribution in [2.45, 2.75) is 18.7 Å². The van der Waals surface area contributed by atoms with Gasteiger partial charge in [-0.2, -0.15) is 0 Å². The summed E-state index contributed by atoms with van der Waals surface area (Å²) in [7, 11) is 4.05. The van der Waals surface area contributed by atoms with Gasteiger partial charge in [-0.25, -0.2) is 0 Å². The fourth-order valence-electron chi connectivity index (χ4n) is 2.22. The lowest BCUT2D eigenvalue weighted by molar-refractivity contribution is 0.436. The zero-order valence-corrected chi connectivity index (χ0v) is 15.3. The first kappa shape index (κ1) is 16.7. The predicted octanol–water partition coefficient (Wildman–Crippen LogP) is 5.27. The molecule has 2 rings (SSSR count). The molecule has 0 bridgehead atoms. The van der Waals surface area contributed by atoms with Crippen molar-refractivity contribution >= 4 is 40.8 Å². The number of nitrogens with zero attached hydrogens (tertiary/aromatic N) is 2. The van der Waals surface area contributed by atoms with Gasteiger partial charge in [-0.15, -0.1) is 0 Å². The van der Waals surface area contributed by atoms with Crippen molar-refractivity contribution < 1.29 is 0 Å². The molecule has 0 spiro atoms. The minimum atomic E-state index is 0.798. The second-order valence-corrected chi connectivity index (χ2v) is 7.39. The predicted molar refractivity (Wildman–Crippen MR) is 98.3 cm³/mol. The van der Waals surface area contributed by atoms with Crippen LogP contribution in [0, 0.1) is 0 Å². The molecule has 0 radical (unpaired) electrons. The van der Waals surface area contributed by atoms with Crippen molar-refractivity contribution in [3.63, 3.8) is 0 Å². The van der Waals surface area contributed by atoms with Gasteiger partial charge in [0.25, 0.3) is 0 Å². The van der Waals surface area contributed by atoms with Gasteiger partial charge in [-0.3, -0.25) is 0 Å². The summed E-state index contributed by atoms with van der Waals surface area (Å²) in [6.07, 6.45) is 2.18. The Morgan fingerprint density at radius 3 is 2.76 bits per heavy atom. The van der Waals surface area contributed by atoms with E-state index in [4.69, 9.17) is 11.6 Å². The zero-order chi connectivity index (χ0) is 15.4. The van der Waals surface area contributed by atoms with Crippen molar-refractivity contribution in [2.24, 2.45) is 0 Å². The summed E-state index contributed by atoms with van der Waals surface area (Å²) in [4.78, 5) is 7.04. The third-order valence-corrected chi connectivity index (χ3v) is 5.89. The van der Waals surface area contributed by atoms with Crippen LogP contribution < -0.4 is 4.90 Å². The van der Waals surface area contributed by atoms with E-state index in [0.29, 0.717) is 0 Å². The molecule has 1 aliphatic rings. The molecular formula is C16H21ClN2S2. The average Bonchev–Trinajstić information content (AvgIpc) is 2.87. The Morgan fingerprint density at radius 2 is 2.19 bits per heavy atom. The Balaban J connectivity index is 2.17. The van der Waals surface area contributed by atoms with Gasteiger partial charge in [-0.1, -0.05) is 47.3 Å². The highest BCUT2D eigenvalue weighted by Gasteiger charge is 2.20. The summed E-state index contributed by atoms with van der Waals surface area (Å²) in [5, 5.41) is 4.40. The number of thioether (sulfide) groups is 2. The third kappa shape index (κ3) is 3.93. The molecule has 0 aromatic heterocycles. The lowest BCUT2D eigenvalue weighted by Crippen LogP contribution is -2.16. The van der Waals surface area contributed by atoms with Crippen molar-refractivity contribution in [3.05, 3.63) is 44.6 Å². The molecule has 1 fully saturated rings. The highest BCUT2D eigenvalue weighted by molar-refractivity contribution is 8.08. The molecule has 0 N–H and O–H groups in total. The van der Waals surface area contributed by atoms with E-state index in [0.717, 1.165) is 23.8 Å². The van der Waals surface area contributed by atoms with Gasteiger partial charge in [0, 0.05) is 30.4 Å². The highest BCUT2D eigenvalue weighted by Crippen LogP contribution is 2.41. The van der Waals surface area contributed by atoms with Crippen LogP contribution in [0.15, 0.2) is 44.5 Å². The second kappa shape index (κ2) is 7.52. The quantitative estimate of drug-likeness (QED) is 0.688. The standard InChI is InChI=1S/C16H21ClN2S2/c1-5-15-19(6-2)10-12(21-15)11-20-14-9-7-8-13(17)16(14)18(3)4/h5,7-9,11H,6,10H2,1-4H3/b12-11+,15-5-. The molecule has 114 valence electrons. The van der Waals surface area contributed by atoms with Gasteiger partial charge >= 0.3 is 0 Å². The molecule has 0 unspecified atom stereocenters. The number of allylic oxidation sites excluding steroid dienone is 1. The number of halogens is 1. The van der Waals surface area contributed by atoms with Gasteiger partial charge < -0.3 is 9.80 Å². The first-order valence-corrected chi connectivity index (χ1v) is 9.04. The van der Waals surface area contributed by atoms with E-state index in [2.05, 4.69) is 41.2 Å². The van der Waals surface area contributed by atoms with Crippen LogP contribution in [-0.2, 0) is 0 Å². The Hall–Kier alpha value is -0.710. The van der Waals surface area contributed by atoms with Crippen LogP contribution in [-0.4, -0.2) is 32.1 Å². The summed E-state index contributed by atoms with van der Waals surface area (Å²) >= 11 is 9.92. The second-order valence-electron chi connectivity index (χ2n) is 4.93. The van der Waals surface area contributed by atoms with E-state index in [9.17, 15) is 0 Å². The number of hydrogen-bond acceptors (Lipinski definition) is 4. The normalized spacial score (nSPS) is 18.8. The zero-order valence-electron chi connectivity index (χ0n) is 12.9. The minimum Gasteiger partial charge on any atom is -0.376 e. The van der Waals surface area contributed by atoms with Gasteiger partial charge in [0.1, 0.15) is 0 Å². The van der Waals surface area contributed by atoms with E-state index in [1.165, 1.54) is 14.8 Å². The lowest BCUT2D eigenvalue weighted by atomic mass is 10.3. The Kier molecular flexibility index (Phi) is 5.97. The molecule has 21 heavy (non-hydrogen) atoms. The molecular weight excluding hydrogens is 320 g/mol. The number of anilines is 1. The molecule has 5 heteroatoms. The van der Waals surface area contributed by atoms with Crippen LogP contribution in [0.5, 0.6) is 0 Å². The summed E-state index contributed by atoms with van der Waals surface area (Å²) in [5.41, 5.74) is 1.09. The van der Waals surface area contributed by atoms with Gasteiger partial charge in [0.15, 0.2) is 0 Å². The van der Waals surface area contributed by atoms with E-state index < -0.39 is 0 Å². The van der Waals surface area contributed by atoms with E-state index in [-0.39, 0.29) is 0 Å². The topological polar surface area (TPSA) is 6.48 Å². The lowest BCUT2D eigenvalue weighted by Gasteiger charge is -2.18. The van der Waals surface area contributed by atoms with Gasteiger partial charge in [0.2, 0.25) is 0 Å². The van der Waals surface area contributed by atoms with Crippen LogP contribution in [0.4, 0.5) is 5.69 Å². The molecule has 1 saturated heterocycles. The van der Waals surface area contributed by atoms with Crippen molar-refractivity contribution in [3.8, 4) is 0 Å². The van der Waals surface area contributed by atoms with Gasteiger partial charge in [0.05, 0.1) is 22.3 Å². The summed E-state index contributed by atoms with van der Waals surface area (Å²) in [6.45, 7) is 6.35. The maximum Gasteiger partial charge on any atom is 0.0713 e. The molecule has 1 heterocycles. The molecule has 0 atom stereocenters. The van der Waals surface area contributed by atoms with Crippen LogP contribution in [0.1, 0.15) is 13.8 Å². The smallest absolute Gasteiger partial charge is 0.0713 e. The van der Waals surface area contributed by atoms with Crippen LogP contribution in [0.25, 0.3) is 0 Å². The summed E-state index contributed by atoms with van der Waals surface area (Å²) < 4.78 is 0. The molecule has 1 aromatic rings. The van der Waals surface area contributed by atoms with Crippen LogP contribution in [0.3, 0.4) is 0 Å². The fourth-order valence-corrected chi connectivity index (χ4v) is 4.78.